The first-order valence-corrected chi connectivity index (χ1v) is 7.59. The molecule has 4 N–H and O–H groups in total. The normalized spacial score (nSPS) is 10.8. The summed E-state index contributed by atoms with van der Waals surface area (Å²) in [5.41, 5.74) is 9.41. The van der Waals surface area contributed by atoms with Crippen LogP contribution in [-0.2, 0) is 4.79 Å². The van der Waals surface area contributed by atoms with Gasteiger partial charge in [0.25, 0.3) is 5.91 Å². The summed E-state index contributed by atoms with van der Waals surface area (Å²) in [7, 11) is 0. The van der Waals surface area contributed by atoms with Crippen molar-refractivity contribution in [3.63, 3.8) is 0 Å². The van der Waals surface area contributed by atoms with Gasteiger partial charge in [-0.15, -0.1) is 0 Å². The third-order valence-electron chi connectivity index (χ3n) is 3.36. The molecule has 0 saturated heterocycles. The molecule has 6 heteroatoms. The summed E-state index contributed by atoms with van der Waals surface area (Å²) in [6.45, 7) is 3.95. The fourth-order valence-corrected chi connectivity index (χ4v) is 2.33. The summed E-state index contributed by atoms with van der Waals surface area (Å²) in [5.74, 6) is -0.554. The van der Waals surface area contributed by atoms with Gasteiger partial charge >= 0.3 is 0 Å². The van der Waals surface area contributed by atoms with Gasteiger partial charge < -0.3 is 16.4 Å². The zero-order valence-electron chi connectivity index (χ0n) is 13.4. The van der Waals surface area contributed by atoms with Crippen LogP contribution in [0.1, 0.15) is 11.1 Å². The van der Waals surface area contributed by atoms with Crippen molar-refractivity contribution in [2.75, 3.05) is 16.4 Å². The van der Waals surface area contributed by atoms with Crippen LogP contribution in [-0.4, -0.2) is 5.91 Å². The second-order valence-electron chi connectivity index (χ2n) is 5.33. The van der Waals surface area contributed by atoms with Crippen molar-refractivity contribution < 1.29 is 4.79 Å². The topological polar surface area (TPSA) is 90.9 Å². The number of halogens is 1. The molecule has 0 unspecified atom stereocenters. The molecule has 2 rings (SSSR count). The van der Waals surface area contributed by atoms with Gasteiger partial charge in [-0.3, -0.25) is 4.79 Å². The Hall–Kier alpha value is -2.97. The van der Waals surface area contributed by atoms with Crippen LogP contribution in [0.4, 0.5) is 17.1 Å². The summed E-state index contributed by atoms with van der Waals surface area (Å²) >= 11 is 6.02. The Morgan fingerprint density at radius 3 is 2.54 bits per heavy atom. The number of nitrogen functional groups attached to an aromatic ring is 1. The van der Waals surface area contributed by atoms with Crippen LogP contribution in [0.15, 0.2) is 48.2 Å². The average Bonchev–Trinajstić information content (AvgIpc) is 2.52. The molecular weight excluding hydrogens is 324 g/mol. The number of nitriles is 1. The van der Waals surface area contributed by atoms with Crippen LogP contribution in [0.2, 0.25) is 5.02 Å². The van der Waals surface area contributed by atoms with Crippen LogP contribution in [0.3, 0.4) is 0 Å². The molecule has 5 nitrogen and oxygen atoms in total. The Morgan fingerprint density at radius 2 is 1.92 bits per heavy atom. The molecule has 0 radical (unpaired) electrons. The lowest BCUT2D eigenvalue weighted by atomic mass is 10.1. The zero-order valence-corrected chi connectivity index (χ0v) is 14.1. The van der Waals surface area contributed by atoms with Gasteiger partial charge in [0.1, 0.15) is 11.6 Å². The predicted octanol–water partition coefficient (Wildman–Crippen LogP) is 4.00. The number of amides is 1. The van der Waals surface area contributed by atoms with E-state index in [4.69, 9.17) is 17.3 Å². The number of nitrogens with one attached hydrogen (secondary N) is 2. The number of anilines is 3. The molecular formula is C18H17ClN4O. The Kier molecular flexibility index (Phi) is 5.46. The summed E-state index contributed by atoms with van der Waals surface area (Å²) in [6.07, 6.45) is 1.37. The van der Waals surface area contributed by atoms with Crippen molar-refractivity contribution in [3.8, 4) is 6.07 Å². The Morgan fingerprint density at radius 1 is 1.21 bits per heavy atom. The molecule has 0 atom stereocenters. The number of aryl methyl sites for hydroxylation is 2. The second-order valence-corrected chi connectivity index (χ2v) is 5.73. The average molecular weight is 341 g/mol. The molecule has 0 aliphatic heterocycles. The first-order chi connectivity index (χ1) is 11.4. The fourth-order valence-electron chi connectivity index (χ4n) is 2.10. The molecule has 0 aromatic heterocycles. The van der Waals surface area contributed by atoms with E-state index in [0.29, 0.717) is 16.4 Å². The van der Waals surface area contributed by atoms with E-state index in [1.54, 1.807) is 12.1 Å². The number of nitrogens with two attached hydrogens (primary N) is 1. The summed E-state index contributed by atoms with van der Waals surface area (Å²) in [4.78, 5) is 12.2. The van der Waals surface area contributed by atoms with Gasteiger partial charge in [0.05, 0.1) is 10.7 Å². The third-order valence-corrected chi connectivity index (χ3v) is 3.67. The van der Waals surface area contributed by atoms with E-state index in [2.05, 4.69) is 10.6 Å². The number of rotatable bonds is 4. The molecule has 1 amide bonds. The molecule has 0 fully saturated rings. The SMILES string of the molecule is Cc1ccc(N/C=C(/C#N)C(=O)Nc2ccc(N)cc2Cl)c(C)c1. The number of hydrogen-bond donors (Lipinski definition) is 3. The van der Waals surface area contributed by atoms with E-state index in [0.717, 1.165) is 16.8 Å². The van der Waals surface area contributed by atoms with Crippen molar-refractivity contribution in [3.05, 3.63) is 64.3 Å². The van der Waals surface area contributed by atoms with Crippen molar-refractivity contribution in [1.29, 1.82) is 5.26 Å². The van der Waals surface area contributed by atoms with E-state index < -0.39 is 5.91 Å². The molecule has 0 heterocycles. The molecule has 0 spiro atoms. The summed E-state index contributed by atoms with van der Waals surface area (Å²) in [6, 6.07) is 12.5. The summed E-state index contributed by atoms with van der Waals surface area (Å²) in [5, 5.41) is 15.1. The molecule has 0 saturated carbocycles. The van der Waals surface area contributed by atoms with Crippen molar-refractivity contribution in [2.24, 2.45) is 0 Å². The van der Waals surface area contributed by atoms with Crippen molar-refractivity contribution in [2.45, 2.75) is 13.8 Å². The Bertz CT molecular complexity index is 853. The Labute approximate surface area is 145 Å². The maximum atomic E-state index is 12.2. The molecule has 24 heavy (non-hydrogen) atoms. The number of carbonyl (C=O) groups is 1. The van der Waals surface area contributed by atoms with Gasteiger partial charge in [0, 0.05) is 17.6 Å². The number of benzene rings is 2. The van der Waals surface area contributed by atoms with E-state index in [9.17, 15) is 10.1 Å². The van der Waals surface area contributed by atoms with Crippen LogP contribution >= 0.6 is 11.6 Å². The van der Waals surface area contributed by atoms with Gasteiger partial charge in [0.15, 0.2) is 0 Å². The smallest absolute Gasteiger partial charge is 0.267 e. The van der Waals surface area contributed by atoms with Crippen LogP contribution < -0.4 is 16.4 Å². The minimum absolute atomic E-state index is 0.0668. The van der Waals surface area contributed by atoms with Gasteiger partial charge in [-0.05, 0) is 43.7 Å². The predicted molar refractivity (Wildman–Crippen MR) is 97.7 cm³/mol. The van der Waals surface area contributed by atoms with Crippen LogP contribution in [0.5, 0.6) is 0 Å². The van der Waals surface area contributed by atoms with Crippen LogP contribution in [0, 0.1) is 25.2 Å². The monoisotopic (exact) mass is 340 g/mol. The van der Waals surface area contributed by atoms with E-state index in [1.165, 1.54) is 12.3 Å². The number of carbonyl (C=O) groups excluding carboxylic acids is 1. The third kappa shape index (κ3) is 4.28. The van der Waals surface area contributed by atoms with Crippen molar-refractivity contribution in [1.82, 2.24) is 0 Å². The highest BCUT2D eigenvalue weighted by Gasteiger charge is 2.11. The standard InChI is InChI=1S/C18H17ClN4O/c1-11-3-5-16(12(2)7-11)22-10-13(9-20)18(24)23-17-6-4-14(21)8-15(17)19/h3-8,10,22H,21H2,1-2H3,(H,23,24)/b13-10-. The fraction of sp³-hybridized carbons (Fsp3) is 0.111. The lowest BCUT2D eigenvalue weighted by Crippen LogP contribution is -2.15. The highest BCUT2D eigenvalue weighted by Crippen LogP contribution is 2.24. The largest absolute Gasteiger partial charge is 0.399 e. The van der Waals surface area contributed by atoms with E-state index in [-0.39, 0.29) is 5.57 Å². The zero-order chi connectivity index (χ0) is 17.7. The number of nitrogens with zero attached hydrogens (tertiary/aromatic N) is 1. The maximum Gasteiger partial charge on any atom is 0.267 e. The van der Waals surface area contributed by atoms with Gasteiger partial charge in [-0.1, -0.05) is 29.3 Å². The lowest BCUT2D eigenvalue weighted by Gasteiger charge is -2.09. The van der Waals surface area contributed by atoms with Gasteiger partial charge in [0.2, 0.25) is 0 Å². The van der Waals surface area contributed by atoms with Crippen molar-refractivity contribution >= 4 is 34.6 Å². The molecule has 122 valence electrons. The second kappa shape index (κ2) is 7.53. The first-order valence-electron chi connectivity index (χ1n) is 7.21. The Balaban J connectivity index is 2.15. The van der Waals surface area contributed by atoms with Crippen LogP contribution in [0.25, 0.3) is 0 Å². The van der Waals surface area contributed by atoms with E-state index in [1.807, 2.05) is 38.1 Å². The van der Waals surface area contributed by atoms with E-state index >= 15 is 0 Å². The minimum atomic E-state index is -0.554. The van der Waals surface area contributed by atoms with Gasteiger partial charge in [-0.25, -0.2) is 0 Å². The summed E-state index contributed by atoms with van der Waals surface area (Å²) < 4.78 is 0. The molecule has 0 aliphatic carbocycles. The molecule has 2 aromatic carbocycles. The molecule has 0 bridgehead atoms. The quantitative estimate of drug-likeness (QED) is 0.445. The minimum Gasteiger partial charge on any atom is -0.399 e. The lowest BCUT2D eigenvalue weighted by molar-refractivity contribution is -0.112. The highest BCUT2D eigenvalue weighted by molar-refractivity contribution is 6.34. The molecule has 0 aliphatic rings. The molecule has 2 aromatic rings. The first kappa shape index (κ1) is 17.4. The highest BCUT2D eigenvalue weighted by atomic mass is 35.5. The maximum absolute atomic E-state index is 12.2. The number of hydrogen-bond acceptors (Lipinski definition) is 4. The van der Waals surface area contributed by atoms with Gasteiger partial charge in [-0.2, -0.15) is 5.26 Å².